The van der Waals surface area contributed by atoms with Crippen LogP contribution in [0.5, 0.6) is 0 Å². The first kappa shape index (κ1) is 14.0. The van der Waals surface area contributed by atoms with Crippen molar-refractivity contribution in [3.05, 3.63) is 39.9 Å². The van der Waals surface area contributed by atoms with Crippen molar-refractivity contribution in [2.45, 2.75) is 25.4 Å². The van der Waals surface area contributed by atoms with E-state index in [2.05, 4.69) is 5.32 Å². The lowest BCUT2D eigenvalue weighted by Crippen LogP contribution is -2.32. The summed E-state index contributed by atoms with van der Waals surface area (Å²) in [6.45, 7) is 1.88. The van der Waals surface area contributed by atoms with E-state index < -0.39 is 14.8 Å². The third kappa shape index (κ3) is 3.51. The van der Waals surface area contributed by atoms with Gasteiger partial charge in [-0.1, -0.05) is 12.1 Å². The van der Waals surface area contributed by atoms with Crippen LogP contribution >= 0.6 is 0 Å². The SMILES string of the molecule is CC(NC1CCS(=O)(=O)C1)c1cccc([N+](=O)[O-])c1. The zero-order valence-corrected chi connectivity index (χ0v) is 11.4. The summed E-state index contributed by atoms with van der Waals surface area (Å²) in [5.74, 6) is 0.360. The summed E-state index contributed by atoms with van der Waals surface area (Å²) in [5.41, 5.74) is 0.837. The molecule has 2 atom stereocenters. The van der Waals surface area contributed by atoms with Crippen molar-refractivity contribution in [1.29, 1.82) is 0 Å². The van der Waals surface area contributed by atoms with Gasteiger partial charge in [0.2, 0.25) is 0 Å². The van der Waals surface area contributed by atoms with Crippen molar-refractivity contribution in [2.24, 2.45) is 0 Å². The number of nitro groups is 1. The van der Waals surface area contributed by atoms with Gasteiger partial charge in [-0.3, -0.25) is 10.1 Å². The van der Waals surface area contributed by atoms with Crippen molar-refractivity contribution in [2.75, 3.05) is 11.5 Å². The Kier molecular flexibility index (Phi) is 3.86. The molecule has 1 aliphatic heterocycles. The minimum Gasteiger partial charge on any atom is -0.306 e. The molecule has 0 radical (unpaired) electrons. The van der Waals surface area contributed by atoms with Crippen LogP contribution in [0.15, 0.2) is 24.3 Å². The molecule has 0 amide bonds. The Balaban J connectivity index is 2.06. The fourth-order valence-electron chi connectivity index (χ4n) is 2.28. The van der Waals surface area contributed by atoms with Gasteiger partial charge in [0, 0.05) is 24.2 Å². The zero-order chi connectivity index (χ0) is 14.0. The summed E-state index contributed by atoms with van der Waals surface area (Å²) in [6, 6.07) is 6.21. The monoisotopic (exact) mass is 284 g/mol. The van der Waals surface area contributed by atoms with Crippen LogP contribution in [0.3, 0.4) is 0 Å². The normalized spacial score (nSPS) is 23.1. The topological polar surface area (TPSA) is 89.3 Å². The molecular weight excluding hydrogens is 268 g/mol. The molecule has 104 valence electrons. The van der Waals surface area contributed by atoms with Crippen molar-refractivity contribution in [3.63, 3.8) is 0 Å². The van der Waals surface area contributed by atoms with Gasteiger partial charge in [-0.25, -0.2) is 8.42 Å². The fraction of sp³-hybridized carbons (Fsp3) is 0.500. The number of rotatable bonds is 4. The molecule has 0 aliphatic carbocycles. The molecule has 2 rings (SSSR count). The van der Waals surface area contributed by atoms with Crippen molar-refractivity contribution >= 4 is 15.5 Å². The zero-order valence-electron chi connectivity index (χ0n) is 10.6. The van der Waals surface area contributed by atoms with Gasteiger partial charge in [-0.05, 0) is 18.9 Å². The Morgan fingerprint density at radius 2 is 2.21 bits per heavy atom. The largest absolute Gasteiger partial charge is 0.306 e. The number of nitrogens with zero attached hydrogens (tertiary/aromatic N) is 1. The van der Waals surface area contributed by atoms with E-state index in [0.29, 0.717) is 6.42 Å². The van der Waals surface area contributed by atoms with E-state index >= 15 is 0 Å². The number of hydrogen-bond donors (Lipinski definition) is 1. The lowest BCUT2D eigenvalue weighted by Gasteiger charge is -2.18. The van der Waals surface area contributed by atoms with E-state index in [9.17, 15) is 18.5 Å². The first-order chi connectivity index (χ1) is 8.87. The Morgan fingerprint density at radius 1 is 1.47 bits per heavy atom. The number of nitro benzene ring substituents is 1. The number of nitrogens with one attached hydrogen (secondary N) is 1. The predicted molar refractivity (Wildman–Crippen MR) is 71.7 cm³/mol. The highest BCUT2D eigenvalue weighted by atomic mass is 32.2. The molecule has 1 heterocycles. The number of benzene rings is 1. The molecule has 0 spiro atoms. The third-order valence-electron chi connectivity index (χ3n) is 3.30. The average molecular weight is 284 g/mol. The third-order valence-corrected chi connectivity index (χ3v) is 5.07. The fourth-order valence-corrected chi connectivity index (χ4v) is 3.97. The molecule has 6 nitrogen and oxygen atoms in total. The Labute approximate surface area is 111 Å². The Hall–Kier alpha value is -1.47. The molecular formula is C12H16N2O4S. The van der Waals surface area contributed by atoms with E-state index in [-0.39, 0.29) is 29.3 Å². The molecule has 0 saturated carbocycles. The first-order valence-electron chi connectivity index (χ1n) is 6.08. The molecule has 19 heavy (non-hydrogen) atoms. The molecule has 0 bridgehead atoms. The highest BCUT2D eigenvalue weighted by molar-refractivity contribution is 7.91. The molecule has 1 aromatic rings. The van der Waals surface area contributed by atoms with E-state index in [1.165, 1.54) is 12.1 Å². The lowest BCUT2D eigenvalue weighted by molar-refractivity contribution is -0.384. The maximum absolute atomic E-state index is 11.4. The second-order valence-electron chi connectivity index (χ2n) is 4.84. The summed E-state index contributed by atoms with van der Waals surface area (Å²) >= 11 is 0. The minimum atomic E-state index is -2.92. The molecule has 1 aliphatic rings. The molecule has 1 N–H and O–H groups in total. The van der Waals surface area contributed by atoms with Crippen LogP contribution in [0, 0.1) is 10.1 Å². The van der Waals surface area contributed by atoms with E-state index in [1.54, 1.807) is 12.1 Å². The van der Waals surface area contributed by atoms with E-state index in [4.69, 9.17) is 0 Å². The van der Waals surface area contributed by atoms with Crippen LogP contribution in [0.4, 0.5) is 5.69 Å². The minimum absolute atomic E-state index is 0.0465. The van der Waals surface area contributed by atoms with Gasteiger partial charge in [-0.15, -0.1) is 0 Å². The van der Waals surface area contributed by atoms with Gasteiger partial charge in [-0.2, -0.15) is 0 Å². The van der Waals surface area contributed by atoms with Gasteiger partial charge in [0.1, 0.15) is 0 Å². The molecule has 0 aromatic heterocycles. The maximum Gasteiger partial charge on any atom is 0.269 e. The van der Waals surface area contributed by atoms with Crippen LogP contribution in [0.25, 0.3) is 0 Å². The highest BCUT2D eigenvalue weighted by Gasteiger charge is 2.28. The smallest absolute Gasteiger partial charge is 0.269 e. The van der Waals surface area contributed by atoms with Crippen molar-refractivity contribution in [1.82, 2.24) is 5.32 Å². The average Bonchev–Trinajstić information content (AvgIpc) is 2.68. The molecule has 1 fully saturated rings. The number of non-ortho nitro benzene ring substituents is 1. The van der Waals surface area contributed by atoms with Crippen molar-refractivity contribution in [3.8, 4) is 0 Å². The summed E-state index contributed by atoms with van der Waals surface area (Å²) in [6.07, 6.45) is 0.599. The maximum atomic E-state index is 11.4. The van der Waals surface area contributed by atoms with Crippen LogP contribution in [-0.4, -0.2) is 30.9 Å². The summed E-state index contributed by atoms with van der Waals surface area (Å²) < 4.78 is 22.7. The molecule has 7 heteroatoms. The summed E-state index contributed by atoms with van der Waals surface area (Å²) in [4.78, 5) is 10.3. The highest BCUT2D eigenvalue weighted by Crippen LogP contribution is 2.21. The number of hydrogen-bond acceptors (Lipinski definition) is 5. The van der Waals surface area contributed by atoms with Gasteiger partial charge in [0.25, 0.3) is 5.69 Å². The predicted octanol–water partition coefficient (Wildman–Crippen LogP) is 1.43. The quantitative estimate of drug-likeness (QED) is 0.667. The van der Waals surface area contributed by atoms with Crippen LogP contribution < -0.4 is 5.32 Å². The van der Waals surface area contributed by atoms with Crippen LogP contribution in [0.1, 0.15) is 24.9 Å². The van der Waals surface area contributed by atoms with Gasteiger partial charge in [0.05, 0.1) is 16.4 Å². The van der Waals surface area contributed by atoms with Gasteiger partial charge >= 0.3 is 0 Å². The first-order valence-corrected chi connectivity index (χ1v) is 7.90. The second kappa shape index (κ2) is 5.26. The molecule has 2 unspecified atom stereocenters. The molecule has 1 aromatic carbocycles. The summed E-state index contributed by atoms with van der Waals surface area (Å²) in [5, 5.41) is 13.9. The van der Waals surface area contributed by atoms with Gasteiger partial charge in [0.15, 0.2) is 9.84 Å². The Morgan fingerprint density at radius 3 is 2.79 bits per heavy atom. The second-order valence-corrected chi connectivity index (χ2v) is 7.07. The standard InChI is InChI=1S/C12H16N2O4S/c1-9(13-11-5-6-19(17,18)8-11)10-3-2-4-12(7-10)14(15)16/h2-4,7,9,11,13H,5-6,8H2,1H3. The Bertz CT molecular complexity index is 585. The van der Waals surface area contributed by atoms with Crippen LogP contribution in [0.2, 0.25) is 0 Å². The van der Waals surface area contributed by atoms with Gasteiger partial charge < -0.3 is 5.32 Å². The lowest BCUT2D eigenvalue weighted by atomic mass is 10.1. The van der Waals surface area contributed by atoms with Crippen molar-refractivity contribution < 1.29 is 13.3 Å². The summed E-state index contributed by atoms with van der Waals surface area (Å²) in [7, 11) is -2.92. The van der Waals surface area contributed by atoms with Crippen LogP contribution in [-0.2, 0) is 9.84 Å². The van der Waals surface area contributed by atoms with E-state index in [1.807, 2.05) is 6.92 Å². The molecule has 1 saturated heterocycles. The number of sulfone groups is 1. The van der Waals surface area contributed by atoms with E-state index in [0.717, 1.165) is 5.56 Å².